The third-order valence-electron chi connectivity index (χ3n) is 3.38. The Kier molecular flexibility index (Phi) is 6.51. The molecule has 1 heterocycles. The van der Waals surface area contributed by atoms with Crippen molar-refractivity contribution in [1.82, 2.24) is 10.2 Å². The molecular weight excluding hydrogens is 350 g/mol. The number of halogens is 1. The van der Waals surface area contributed by atoms with Gasteiger partial charge in [0.1, 0.15) is 0 Å². The van der Waals surface area contributed by atoms with Crippen LogP contribution in [0, 0.1) is 0 Å². The van der Waals surface area contributed by atoms with Crippen LogP contribution in [0.1, 0.15) is 30.6 Å². The molecule has 0 spiro atoms. The van der Waals surface area contributed by atoms with E-state index in [0.717, 1.165) is 5.75 Å². The van der Waals surface area contributed by atoms with Crippen molar-refractivity contribution in [3.8, 4) is 0 Å². The first-order valence-corrected chi connectivity index (χ1v) is 9.05. The number of nitrogens with zero attached hydrogens (tertiary/aromatic N) is 1. The van der Waals surface area contributed by atoms with Gasteiger partial charge in [-0.1, -0.05) is 23.4 Å². The normalized spacial score (nSPS) is 14.2. The average Bonchev–Trinajstić information content (AvgIpc) is 2.92. The van der Waals surface area contributed by atoms with Crippen LogP contribution in [0.2, 0.25) is 5.02 Å². The maximum Gasteiger partial charge on any atom is 0.281 e. The molecule has 0 saturated carbocycles. The molecule has 0 aliphatic carbocycles. The van der Waals surface area contributed by atoms with Gasteiger partial charge < -0.3 is 15.5 Å². The second-order valence-corrected chi connectivity index (χ2v) is 7.18. The van der Waals surface area contributed by atoms with E-state index in [1.165, 1.54) is 11.8 Å². The predicted molar refractivity (Wildman–Crippen MR) is 96.7 cm³/mol. The van der Waals surface area contributed by atoms with E-state index in [4.69, 9.17) is 11.6 Å². The van der Waals surface area contributed by atoms with Gasteiger partial charge in [0, 0.05) is 36.9 Å². The van der Waals surface area contributed by atoms with E-state index in [9.17, 15) is 14.4 Å². The molecule has 1 saturated heterocycles. The zero-order chi connectivity index (χ0) is 17.7. The molecule has 0 atom stereocenters. The van der Waals surface area contributed by atoms with E-state index in [2.05, 4.69) is 10.6 Å². The quantitative estimate of drug-likeness (QED) is 0.808. The highest BCUT2D eigenvalue weighted by molar-refractivity contribution is 8.13. The van der Waals surface area contributed by atoms with Crippen LogP contribution >= 0.6 is 23.4 Å². The lowest BCUT2D eigenvalue weighted by molar-refractivity contribution is -0.116. The van der Waals surface area contributed by atoms with Crippen LogP contribution in [-0.4, -0.2) is 46.8 Å². The van der Waals surface area contributed by atoms with Gasteiger partial charge in [0.05, 0.1) is 10.7 Å². The van der Waals surface area contributed by atoms with E-state index in [1.54, 1.807) is 23.1 Å². The summed E-state index contributed by atoms with van der Waals surface area (Å²) in [5, 5.41) is 5.85. The first-order chi connectivity index (χ1) is 11.4. The van der Waals surface area contributed by atoms with Crippen LogP contribution in [0.4, 0.5) is 10.5 Å². The third kappa shape index (κ3) is 5.14. The minimum absolute atomic E-state index is 0.00758. The number of hydrogen-bond acceptors (Lipinski definition) is 4. The fourth-order valence-corrected chi connectivity index (χ4v) is 3.20. The van der Waals surface area contributed by atoms with Gasteiger partial charge in [0.15, 0.2) is 0 Å². The first kappa shape index (κ1) is 18.6. The molecule has 130 valence electrons. The van der Waals surface area contributed by atoms with Crippen LogP contribution in [0.15, 0.2) is 18.2 Å². The van der Waals surface area contributed by atoms with Crippen molar-refractivity contribution in [2.75, 3.05) is 24.2 Å². The van der Waals surface area contributed by atoms with Crippen molar-refractivity contribution in [3.63, 3.8) is 0 Å². The van der Waals surface area contributed by atoms with Crippen molar-refractivity contribution in [1.29, 1.82) is 0 Å². The van der Waals surface area contributed by atoms with Crippen LogP contribution in [0.5, 0.6) is 0 Å². The molecule has 1 aliphatic rings. The van der Waals surface area contributed by atoms with Gasteiger partial charge >= 0.3 is 0 Å². The molecular formula is C16H20ClN3O3S. The number of benzene rings is 1. The van der Waals surface area contributed by atoms with Crippen molar-refractivity contribution in [2.24, 2.45) is 0 Å². The smallest absolute Gasteiger partial charge is 0.281 e. The molecule has 6 nitrogen and oxygen atoms in total. The highest BCUT2D eigenvalue weighted by atomic mass is 35.5. The summed E-state index contributed by atoms with van der Waals surface area (Å²) in [7, 11) is 0. The Balaban J connectivity index is 1.96. The van der Waals surface area contributed by atoms with E-state index in [1.807, 2.05) is 13.8 Å². The van der Waals surface area contributed by atoms with Crippen LogP contribution in [0.25, 0.3) is 0 Å². The summed E-state index contributed by atoms with van der Waals surface area (Å²) in [5.74, 6) is 0.291. The van der Waals surface area contributed by atoms with Crippen molar-refractivity contribution < 1.29 is 14.4 Å². The zero-order valence-corrected chi connectivity index (χ0v) is 15.2. The monoisotopic (exact) mass is 369 g/mol. The first-order valence-electron chi connectivity index (χ1n) is 7.69. The summed E-state index contributed by atoms with van der Waals surface area (Å²) >= 11 is 7.35. The Hall–Kier alpha value is -1.73. The Morgan fingerprint density at radius 3 is 2.75 bits per heavy atom. The van der Waals surface area contributed by atoms with Gasteiger partial charge in [-0.3, -0.25) is 14.4 Å². The highest BCUT2D eigenvalue weighted by Gasteiger charge is 2.21. The van der Waals surface area contributed by atoms with E-state index >= 15 is 0 Å². The molecule has 1 fully saturated rings. The Morgan fingerprint density at radius 2 is 2.12 bits per heavy atom. The van der Waals surface area contributed by atoms with Gasteiger partial charge in [0.2, 0.25) is 5.91 Å². The summed E-state index contributed by atoms with van der Waals surface area (Å²) in [6, 6.07) is 4.75. The highest BCUT2D eigenvalue weighted by Crippen LogP contribution is 2.24. The molecule has 0 bridgehead atoms. The largest absolute Gasteiger partial charge is 0.350 e. The summed E-state index contributed by atoms with van der Waals surface area (Å²) < 4.78 is 0. The molecule has 24 heavy (non-hydrogen) atoms. The second kappa shape index (κ2) is 8.39. The standard InChI is InChI=1S/C16H20ClN3O3S/c1-10(2)18-15(22)11-3-4-12(17)13(9-11)19-14(21)5-6-20-7-8-24-16(20)23/h3-4,9-10H,5-8H2,1-2H3,(H,18,22)(H,19,21). The molecule has 1 aliphatic heterocycles. The maximum absolute atomic E-state index is 12.1. The van der Waals surface area contributed by atoms with Gasteiger partial charge in [-0.25, -0.2) is 0 Å². The number of carbonyl (C=O) groups excluding carboxylic acids is 3. The fourth-order valence-electron chi connectivity index (χ4n) is 2.19. The van der Waals surface area contributed by atoms with E-state index in [0.29, 0.717) is 29.4 Å². The van der Waals surface area contributed by atoms with Crippen molar-refractivity contribution in [3.05, 3.63) is 28.8 Å². The van der Waals surface area contributed by atoms with E-state index in [-0.39, 0.29) is 29.5 Å². The summed E-state index contributed by atoms with van der Waals surface area (Å²) in [6.45, 7) is 4.79. The maximum atomic E-state index is 12.1. The number of rotatable bonds is 6. The van der Waals surface area contributed by atoms with Gasteiger partial charge in [-0.2, -0.15) is 0 Å². The van der Waals surface area contributed by atoms with Gasteiger partial charge in [-0.15, -0.1) is 0 Å². The molecule has 1 aromatic rings. The molecule has 0 radical (unpaired) electrons. The van der Waals surface area contributed by atoms with E-state index < -0.39 is 0 Å². The second-order valence-electron chi connectivity index (χ2n) is 5.72. The molecule has 2 rings (SSSR count). The summed E-state index contributed by atoms with van der Waals surface area (Å²) in [6.07, 6.45) is 0.186. The Morgan fingerprint density at radius 1 is 1.38 bits per heavy atom. The number of hydrogen-bond donors (Lipinski definition) is 2. The molecule has 0 unspecified atom stereocenters. The average molecular weight is 370 g/mol. The number of anilines is 1. The minimum Gasteiger partial charge on any atom is -0.350 e. The molecule has 3 amide bonds. The lowest BCUT2D eigenvalue weighted by atomic mass is 10.1. The summed E-state index contributed by atoms with van der Waals surface area (Å²) in [5.41, 5.74) is 0.815. The fraction of sp³-hybridized carbons (Fsp3) is 0.438. The topological polar surface area (TPSA) is 78.5 Å². The van der Waals surface area contributed by atoms with Gasteiger partial charge in [-0.05, 0) is 32.0 Å². The summed E-state index contributed by atoms with van der Waals surface area (Å²) in [4.78, 5) is 37.2. The number of thioether (sulfide) groups is 1. The zero-order valence-electron chi connectivity index (χ0n) is 13.6. The molecule has 0 aromatic heterocycles. The number of amides is 3. The third-order valence-corrected chi connectivity index (χ3v) is 4.60. The van der Waals surface area contributed by atoms with Crippen LogP contribution < -0.4 is 10.6 Å². The molecule has 1 aromatic carbocycles. The number of nitrogens with one attached hydrogen (secondary N) is 2. The predicted octanol–water partition coefficient (Wildman–Crippen LogP) is 2.98. The lowest BCUT2D eigenvalue weighted by Gasteiger charge is -2.15. The SMILES string of the molecule is CC(C)NC(=O)c1ccc(Cl)c(NC(=O)CCN2CCSC2=O)c1. The molecule has 8 heteroatoms. The van der Waals surface area contributed by atoms with Crippen molar-refractivity contribution in [2.45, 2.75) is 26.3 Å². The van der Waals surface area contributed by atoms with Gasteiger partial charge in [0.25, 0.3) is 11.1 Å². The minimum atomic E-state index is -0.247. The molecule has 2 N–H and O–H groups in total. The van der Waals surface area contributed by atoms with Crippen LogP contribution in [-0.2, 0) is 4.79 Å². The Bertz CT molecular complexity index is 651. The van der Waals surface area contributed by atoms with Crippen molar-refractivity contribution >= 4 is 46.1 Å². The lowest BCUT2D eigenvalue weighted by Crippen LogP contribution is -2.30. The number of carbonyl (C=O) groups is 3. The Labute approximate surface area is 150 Å². The van der Waals surface area contributed by atoms with Crippen LogP contribution in [0.3, 0.4) is 0 Å².